The monoisotopic (exact) mass is 244 g/mol. The van der Waals surface area contributed by atoms with Gasteiger partial charge in [0.1, 0.15) is 0 Å². The van der Waals surface area contributed by atoms with Crippen LogP contribution in [-0.4, -0.2) is 7.05 Å². The van der Waals surface area contributed by atoms with Gasteiger partial charge in [-0.2, -0.15) is 0 Å². The molecule has 17 heavy (non-hydrogen) atoms. The molecule has 0 saturated carbocycles. The number of anilines is 3. The molecule has 0 fully saturated rings. The van der Waals surface area contributed by atoms with Crippen LogP contribution in [0.2, 0.25) is 5.02 Å². The fourth-order valence-electron chi connectivity index (χ4n) is 2.25. The summed E-state index contributed by atoms with van der Waals surface area (Å²) in [4.78, 5) is 2.20. The molecule has 1 heterocycles. The lowest BCUT2D eigenvalue weighted by molar-refractivity contribution is 1.15. The average Bonchev–Trinajstić information content (AvgIpc) is 2.48. The third-order valence-corrected chi connectivity index (χ3v) is 3.38. The third-order valence-electron chi connectivity index (χ3n) is 3.14. The quantitative estimate of drug-likeness (QED) is 0.753. The molecule has 1 aliphatic heterocycles. The van der Waals surface area contributed by atoms with E-state index in [1.165, 1.54) is 11.3 Å². The summed E-state index contributed by atoms with van der Waals surface area (Å²) >= 11 is 6.03. The Morgan fingerprint density at radius 1 is 1.12 bits per heavy atom. The van der Waals surface area contributed by atoms with Gasteiger partial charge in [0.05, 0.1) is 11.4 Å². The Labute approximate surface area is 106 Å². The number of rotatable bonds is 0. The molecule has 1 N–H and O–H groups in total. The predicted octanol–water partition coefficient (Wildman–Crippen LogP) is 4.03. The average molecular weight is 245 g/mol. The fraction of sp³-hybridized carbons (Fsp3) is 0.143. The Hall–Kier alpha value is -1.67. The standard InChI is InChI=1S/C14H13ClN2/c1-17-13-5-3-2-4-10(13)9-16-12-8-11(15)6-7-14(12)17/h2-8,16H,9H2,1H3. The molecule has 2 aromatic carbocycles. The second-order valence-corrected chi connectivity index (χ2v) is 4.64. The molecule has 0 amide bonds. The van der Waals surface area contributed by atoms with Gasteiger partial charge in [-0.25, -0.2) is 0 Å². The molecular weight excluding hydrogens is 232 g/mol. The molecule has 0 saturated heterocycles. The van der Waals surface area contributed by atoms with Crippen molar-refractivity contribution in [2.75, 3.05) is 17.3 Å². The molecule has 0 radical (unpaired) electrons. The van der Waals surface area contributed by atoms with Crippen LogP contribution in [0.1, 0.15) is 5.56 Å². The minimum Gasteiger partial charge on any atom is -0.379 e. The molecule has 1 aliphatic rings. The fourth-order valence-corrected chi connectivity index (χ4v) is 2.42. The first-order valence-corrected chi connectivity index (χ1v) is 5.98. The normalized spacial score (nSPS) is 13.4. The van der Waals surface area contributed by atoms with Gasteiger partial charge < -0.3 is 10.2 Å². The van der Waals surface area contributed by atoms with Crippen LogP contribution in [0.25, 0.3) is 0 Å². The van der Waals surface area contributed by atoms with Crippen molar-refractivity contribution in [1.82, 2.24) is 0 Å². The van der Waals surface area contributed by atoms with Crippen LogP contribution in [0, 0.1) is 0 Å². The maximum Gasteiger partial charge on any atom is 0.0645 e. The van der Waals surface area contributed by atoms with Gasteiger partial charge in [-0.05, 0) is 29.8 Å². The van der Waals surface area contributed by atoms with Crippen LogP contribution in [-0.2, 0) is 6.54 Å². The molecule has 0 bridgehead atoms. The number of para-hydroxylation sites is 1. The number of fused-ring (bicyclic) bond motifs is 2. The molecule has 86 valence electrons. The molecule has 0 spiro atoms. The summed E-state index contributed by atoms with van der Waals surface area (Å²) in [6, 6.07) is 14.4. The van der Waals surface area contributed by atoms with E-state index in [9.17, 15) is 0 Å². The smallest absolute Gasteiger partial charge is 0.0645 e. The highest BCUT2D eigenvalue weighted by molar-refractivity contribution is 6.31. The van der Waals surface area contributed by atoms with Crippen LogP contribution < -0.4 is 10.2 Å². The molecule has 2 nitrogen and oxygen atoms in total. The second-order valence-electron chi connectivity index (χ2n) is 4.20. The molecule has 2 aromatic rings. The van der Waals surface area contributed by atoms with Crippen molar-refractivity contribution in [3.63, 3.8) is 0 Å². The summed E-state index contributed by atoms with van der Waals surface area (Å²) in [6.45, 7) is 0.827. The topological polar surface area (TPSA) is 15.3 Å². The highest BCUT2D eigenvalue weighted by Crippen LogP contribution is 2.37. The molecule has 0 aromatic heterocycles. The Morgan fingerprint density at radius 3 is 2.82 bits per heavy atom. The molecule has 0 atom stereocenters. The van der Waals surface area contributed by atoms with Crippen molar-refractivity contribution in [2.24, 2.45) is 0 Å². The summed E-state index contributed by atoms with van der Waals surface area (Å²) in [5, 5.41) is 4.19. The van der Waals surface area contributed by atoms with E-state index in [4.69, 9.17) is 11.6 Å². The van der Waals surface area contributed by atoms with Gasteiger partial charge in [-0.1, -0.05) is 29.8 Å². The predicted molar refractivity (Wildman–Crippen MR) is 73.3 cm³/mol. The summed E-state index contributed by atoms with van der Waals surface area (Å²) < 4.78 is 0. The first-order valence-electron chi connectivity index (χ1n) is 5.61. The third kappa shape index (κ3) is 1.75. The van der Waals surface area contributed by atoms with E-state index in [1.807, 2.05) is 18.2 Å². The number of hydrogen-bond donors (Lipinski definition) is 1. The van der Waals surface area contributed by atoms with Gasteiger partial charge >= 0.3 is 0 Å². The van der Waals surface area contributed by atoms with Gasteiger partial charge in [0.25, 0.3) is 0 Å². The van der Waals surface area contributed by atoms with Crippen LogP contribution in [0.4, 0.5) is 17.1 Å². The van der Waals surface area contributed by atoms with Crippen molar-refractivity contribution in [3.05, 3.63) is 53.1 Å². The van der Waals surface area contributed by atoms with E-state index in [2.05, 4.69) is 41.5 Å². The molecule has 3 heteroatoms. The minimum absolute atomic E-state index is 0.760. The van der Waals surface area contributed by atoms with Gasteiger partial charge in [0.2, 0.25) is 0 Å². The highest BCUT2D eigenvalue weighted by Gasteiger charge is 2.16. The van der Waals surface area contributed by atoms with Gasteiger partial charge in [0.15, 0.2) is 0 Å². The SMILES string of the molecule is CN1c2ccccc2CNc2cc(Cl)ccc21. The van der Waals surface area contributed by atoms with Crippen molar-refractivity contribution < 1.29 is 0 Å². The zero-order valence-corrected chi connectivity index (χ0v) is 10.3. The lowest BCUT2D eigenvalue weighted by Gasteiger charge is -2.21. The number of benzene rings is 2. The van der Waals surface area contributed by atoms with Gasteiger partial charge in [-0.15, -0.1) is 0 Å². The lowest BCUT2D eigenvalue weighted by atomic mass is 10.1. The Bertz CT molecular complexity index is 566. The van der Waals surface area contributed by atoms with E-state index >= 15 is 0 Å². The van der Waals surface area contributed by atoms with Crippen LogP contribution >= 0.6 is 11.6 Å². The Kier molecular flexibility index (Phi) is 2.45. The van der Waals surface area contributed by atoms with E-state index in [0.29, 0.717) is 0 Å². The second kappa shape index (κ2) is 3.97. The maximum atomic E-state index is 6.03. The summed E-state index contributed by atoms with van der Waals surface area (Å²) in [7, 11) is 2.08. The molecule has 0 unspecified atom stereocenters. The zero-order chi connectivity index (χ0) is 11.8. The van der Waals surface area contributed by atoms with Crippen LogP contribution in [0.3, 0.4) is 0 Å². The van der Waals surface area contributed by atoms with Crippen LogP contribution in [0.5, 0.6) is 0 Å². The Morgan fingerprint density at radius 2 is 1.94 bits per heavy atom. The van der Waals surface area contributed by atoms with Gasteiger partial charge in [-0.3, -0.25) is 0 Å². The number of nitrogens with zero attached hydrogens (tertiary/aromatic N) is 1. The number of nitrogens with one attached hydrogen (secondary N) is 1. The van der Waals surface area contributed by atoms with Crippen molar-refractivity contribution >= 4 is 28.7 Å². The zero-order valence-electron chi connectivity index (χ0n) is 9.57. The maximum absolute atomic E-state index is 6.03. The van der Waals surface area contributed by atoms with E-state index in [-0.39, 0.29) is 0 Å². The van der Waals surface area contributed by atoms with Gasteiger partial charge in [0, 0.05) is 24.3 Å². The van der Waals surface area contributed by atoms with Crippen LogP contribution in [0.15, 0.2) is 42.5 Å². The highest BCUT2D eigenvalue weighted by atomic mass is 35.5. The number of halogens is 1. The minimum atomic E-state index is 0.760. The lowest BCUT2D eigenvalue weighted by Crippen LogP contribution is -2.09. The molecular formula is C14H13ClN2. The summed E-state index contributed by atoms with van der Waals surface area (Å²) in [5.74, 6) is 0. The largest absolute Gasteiger partial charge is 0.379 e. The van der Waals surface area contributed by atoms with Crippen molar-refractivity contribution in [1.29, 1.82) is 0 Å². The van der Waals surface area contributed by atoms with E-state index < -0.39 is 0 Å². The van der Waals surface area contributed by atoms with Crippen molar-refractivity contribution in [2.45, 2.75) is 6.54 Å². The first kappa shape index (κ1) is 10.5. The molecule has 0 aliphatic carbocycles. The summed E-state index contributed by atoms with van der Waals surface area (Å²) in [6.07, 6.45) is 0. The first-order chi connectivity index (χ1) is 8.25. The number of hydrogen-bond acceptors (Lipinski definition) is 2. The van der Waals surface area contributed by atoms with E-state index in [1.54, 1.807) is 0 Å². The molecule has 3 rings (SSSR count). The van der Waals surface area contributed by atoms with E-state index in [0.717, 1.165) is 22.9 Å². The Balaban J connectivity index is 2.16. The summed E-state index contributed by atoms with van der Waals surface area (Å²) in [5.41, 5.74) is 4.76. The van der Waals surface area contributed by atoms with Crippen molar-refractivity contribution in [3.8, 4) is 0 Å².